The summed E-state index contributed by atoms with van der Waals surface area (Å²) in [5, 5.41) is 3.32. The van der Waals surface area contributed by atoms with Gasteiger partial charge in [0.1, 0.15) is 5.82 Å². The standard InChI is InChI=1S/C15H14Br2FN/c1-10(8-11-2-4-12(16)5-3-11)19-15-9-13(18)6-7-14(15)17/h2-7,9-10,19H,8H2,1H3. The molecule has 19 heavy (non-hydrogen) atoms. The van der Waals surface area contributed by atoms with Crippen LogP contribution in [0.2, 0.25) is 0 Å². The van der Waals surface area contributed by atoms with Crippen molar-refractivity contribution in [3.63, 3.8) is 0 Å². The Labute approximate surface area is 129 Å². The van der Waals surface area contributed by atoms with Crippen LogP contribution in [0.5, 0.6) is 0 Å². The lowest BCUT2D eigenvalue weighted by Gasteiger charge is -2.16. The Morgan fingerprint density at radius 1 is 1.11 bits per heavy atom. The summed E-state index contributed by atoms with van der Waals surface area (Å²) in [6.07, 6.45) is 0.885. The van der Waals surface area contributed by atoms with E-state index in [1.807, 2.05) is 12.1 Å². The largest absolute Gasteiger partial charge is 0.381 e. The number of nitrogens with one attached hydrogen (secondary N) is 1. The lowest BCUT2D eigenvalue weighted by molar-refractivity contribution is 0.627. The van der Waals surface area contributed by atoms with Gasteiger partial charge in [-0.1, -0.05) is 28.1 Å². The molecular formula is C15H14Br2FN. The second-order valence-electron chi connectivity index (χ2n) is 4.50. The van der Waals surface area contributed by atoms with E-state index in [4.69, 9.17) is 0 Å². The van der Waals surface area contributed by atoms with Gasteiger partial charge >= 0.3 is 0 Å². The average Bonchev–Trinajstić information content (AvgIpc) is 2.37. The Bertz CT molecular complexity index is 555. The van der Waals surface area contributed by atoms with Gasteiger partial charge < -0.3 is 5.32 Å². The summed E-state index contributed by atoms with van der Waals surface area (Å²) in [6, 6.07) is 13.1. The minimum atomic E-state index is -0.235. The van der Waals surface area contributed by atoms with E-state index in [2.05, 4.69) is 56.2 Å². The minimum Gasteiger partial charge on any atom is -0.381 e. The van der Waals surface area contributed by atoms with E-state index < -0.39 is 0 Å². The van der Waals surface area contributed by atoms with E-state index in [0.717, 1.165) is 21.1 Å². The topological polar surface area (TPSA) is 12.0 Å². The summed E-state index contributed by atoms with van der Waals surface area (Å²) < 4.78 is 15.1. The first-order valence-corrected chi connectivity index (χ1v) is 7.59. The number of hydrogen-bond donors (Lipinski definition) is 1. The molecule has 0 aliphatic carbocycles. The van der Waals surface area contributed by atoms with Crippen LogP contribution in [-0.4, -0.2) is 6.04 Å². The smallest absolute Gasteiger partial charge is 0.125 e. The SMILES string of the molecule is CC(Cc1ccc(Br)cc1)Nc1cc(F)ccc1Br. The average molecular weight is 387 g/mol. The van der Waals surface area contributed by atoms with Crippen molar-refractivity contribution in [1.82, 2.24) is 0 Å². The van der Waals surface area contributed by atoms with Gasteiger partial charge in [-0.15, -0.1) is 0 Å². The summed E-state index contributed by atoms with van der Waals surface area (Å²) in [6.45, 7) is 2.08. The summed E-state index contributed by atoms with van der Waals surface area (Å²) in [5.41, 5.74) is 2.03. The molecule has 0 spiro atoms. The van der Waals surface area contributed by atoms with Crippen molar-refractivity contribution >= 4 is 37.5 Å². The summed E-state index contributed by atoms with van der Waals surface area (Å²) in [7, 11) is 0. The van der Waals surface area contributed by atoms with Crippen molar-refractivity contribution in [2.45, 2.75) is 19.4 Å². The molecule has 0 saturated heterocycles. The molecule has 2 aromatic carbocycles. The Morgan fingerprint density at radius 2 is 1.79 bits per heavy atom. The molecular weight excluding hydrogens is 373 g/mol. The first-order chi connectivity index (χ1) is 9.04. The normalized spacial score (nSPS) is 12.2. The second kappa shape index (κ2) is 6.53. The molecule has 1 N–H and O–H groups in total. The molecule has 1 atom stereocenters. The van der Waals surface area contributed by atoms with Crippen LogP contribution in [0.25, 0.3) is 0 Å². The molecule has 1 nitrogen and oxygen atoms in total. The van der Waals surface area contributed by atoms with E-state index in [9.17, 15) is 4.39 Å². The molecule has 0 aromatic heterocycles. The van der Waals surface area contributed by atoms with Gasteiger partial charge in [0.25, 0.3) is 0 Å². The number of hydrogen-bond acceptors (Lipinski definition) is 1. The molecule has 0 fully saturated rings. The van der Waals surface area contributed by atoms with Crippen LogP contribution in [0.15, 0.2) is 51.4 Å². The fourth-order valence-electron chi connectivity index (χ4n) is 1.90. The summed E-state index contributed by atoms with van der Waals surface area (Å²) in [5.74, 6) is -0.235. The first-order valence-electron chi connectivity index (χ1n) is 6.00. The van der Waals surface area contributed by atoms with Gasteiger partial charge in [-0.05, 0) is 65.2 Å². The van der Waals surface area contributed by atoms with Crippen LogP contribution in [0.3, 0.4) is 0 Å². The number of anilines is 1. The molecule has 0 saturated carbocycles. The maximum Gasteiger partial charge on any atom is 0.125 e. The van der Waals surface area contributed by atoms with Gasteiger partial charge in [0.05, 0.1) is 5.69 Å². The molecule has 1 unspecified atom stereocenters. The van der Waals surface area contributed by atoms with E-state index in [1.54, 1.807) is 6.07 Å². The molecule has 0 heterocycles. The molecule has 0 aliphatic rings. The van der Waals surface area contributed by atoms with Crippen molar-refractivity contribution in [3.8, 4) is 0 Å². The van der Waals surface area contributed by atoms with Crippen molar-refractivity contribution in [2.24, 2.45) is 0 Å². The highest BCUT2D eigenvalue weighted by Gasteiger charge is 2.07. The monoisotopic (exact) mass is 385 g/mol. The van der Waals surface area contributed by atoms with Gasteiger partial charge in [-0.2, -0.15) is 0 Å². The predicted octanol–water partition coefficient (Wildman–Crippen LogP) is 5.39. The number of benzene rings is 2. The molecule has 2 aromatic rings. The second-order valence-corrected chi connectivity index (χ2v) is 6.27. The molecule has 100 valence electrons. The third kappa shape index (κ3) is 4.32. The zero-order valence-electron chi connectivity index (χ0n) is 10.5. The van der Waals surface area contributed by atoms with Gasteiger partial charge in [0, 0.05) is 15.0 Å². The lowest BCUT2D eigenvalue weighted by atomic mass is 10.1. The van der Waals surface area contributed by atoms with E-state index in [-0.39, 0.29) is 11.9 Å². The third-order valence-corrected chi connectivity index (χ3v) is 4.01. The van der Waals surface area contributed by atoms with Crippen LogP contribution in [0.1, 0.15) is 12.5 Å². The van der Waals surface area contributed by atoms with Crippen LogP contribution in [0.4, 0.5) is 10.1 Å². The Hall–Kier alpha value is -0.870. The van der Waals surface area contributed by atoms with Gasteiger partial charge in [0.2, 0.25) is 0 Å². The van der Waals surface area contributed by atoms with E-state index >= 15 is 0 Å². The minimum absolute atomic E-state index is 0.222. The van der Waals surface area contributed by atoms with E-state index in [0.29, 0.717) is 0 Å². The van der Waals surface area contributed by atoms with Crippen molar-refractivity contribution < 1.29 is 4.39 Å². The lowest BCUT2D eigenvalue weighted by Crippen LogP contribution is -2.18. The first kappa shape index (κ1) is 14.5. The van der Waals surface area contributed by atoms with Gasteiger partial charge in [-0.25, -0.2) is 4.39 Å². The van der Waals surface area contributed by atoms with Crippen molar-refractivity contribution in [1.29, 1.82) is 0 Å². The Kier molecular flexibility index (Phi) is 4.99. The fraction of sp³-hybridized carbons (Fsp3) is 0.200. The molecule has 4 heteroatoms. The number of halogens is 3. The van der Waals surface area contributed by atoms with Crippen LogP contribution in [0, 0.1) is 5.82 Å². The van der Waals surface area contributed by atoms with Gasteiger partial charge in [0.15, 0.2) is 0 Å². The third-order valence-electron chi connectivity index (χ3n) is 2.79. The molecule has 0 bridgehead atoms. The highest BCUT2D eigenvalue weighted by Crippen LogP contribution is 2.24. The molecule has 0 aliphatic heterocycles. The fourth-order valence-corrected chi connectivity index (χ4v) is 2.52. The molecule has 0 amide bonds. The Balaban J connectivity index is 2.02. The Morgan fingerprint density at radius 3 is 2.47 bits per heavy atom. The quantitative estimate of drug-likeness (QED) is 0.742. The van der Waals surface area contributed by atoms with E-state index in [1.165, 1.54) is 17.7 Å². The van der Waals surface area contributed by atoms with Gasteiger partial charge in [-0.3, -0.25) is 0 Å². The van der Waals surface area contributed by atoms with Crippen molar-refractivity contribution in [3.05, 3.63) is 62.8 Å². The maximum atomic E-state index is 13.2. The van der Waals surface area contributed by atoms with Crippen LogP contribution >= 0.6 is 31.9 Å². The number of rotatable bonds is 4. The molecule has 2 rings (SSSR count). The predicted molar refractivity (Wildman–Crippen MR) is 85.0 cm³/mol. The van der Waals surface area contributed by atoms with Crippen LogP contribution < -0.4 is 5.32 Å². The van der Waals surface area contributed by atoms with Crippen LogP contribution in [-0.2, 0) is 6.42 Å². The zero-order chi connectivity index (χ0) is 13.8. The highest BCUT2D eigenvalue weighted by atomic mass is 79.9. The summed E-state index contributed by atoms with van der Waals surface area (Å²) in [4.78, 5) is 0. The zero-order valence-corrected chi connectivity index (χ0v) is 13.6. The highest BCUT2D eigenvalue weighted by molar-refractivity contribution is 9.10. The van der Waals surface area contributed by atoms with Crippen molar-refractivity contribution in [2.75, 3.05) is 5.32 Å². The molecule has 0 radical (unpaired) electrons. The summed E-state index contributed by atoms with van der Waals surface area (Å²) >= 11 is 6.84. The maximum absolute atomic E-state index is 13.2.